The Hall–Kier alpha value is -0.610. The van der Waals surface area contributed by atoms with Crippen molar-refractivity contribution in [2.24, 2.45) is 5.92 Å². The lowest BCUT2D eigenvalue weighted by molar-refractivity contribution is -0.128. The summed E-state index contributed by atoms with van der Waals surface area (Å²) in [4.78, 5) is 14.7. The van der Waals surface area contributed by atoms with Gasteiger partial charge in [-0.15, -0.1) is 0 Å². The molecule has 19 heavy (non-hydrogen) atoms. The highest BCUT2D eigenvalue weighted by molar-refractivity contribution is 5.79. The quantitative estimate of drug-likeness (QED) is 0.816. The molecule has 4 nitrogen and oxygen atoms in total. The number of likely N-dealkylation sites (tertiary alicyclic amines) is 1. The smallest absolute Gasteiger partial charge is 0.223 e. The third kappa shape index (κ3) is 3.93. The standard InChI is InChI=1S/C15H28N2O2/c1-11(2)17-9-7-12(8-10-17)15(19)16-13-5-3-4-6-14(13)18/h11-14,18H,3-10H2,1-2H3,(H,16,19). The van der Waals surface area contributed by atoms with E-state index >= 15 is 0 Å². The maximum atomic E-state index is 12.2. The number of nitrogens with zero attached hydrogens (tertiary/aromatic N) is 1. The van der Waals surface area contributed by atoms with Crippen molar-refractivity contribution in [3.05, 3.63) is 0 Å². The number of rotatable bonds is 3. The number of aliphatic hydroxyl groups excluding tert-OH is 1. The molecule has 2 aliphatic rings. The number of piperidine rings is 1. The van der Waals surface area contributed by atoms with Gasteiger partial charge in [0.05, 0.1) is 12.1 Å². The molecule has 1 heterocycles. The third-order valence-corrected chi connectivity index (χ3v) is 4.69. The molecule has 1 aliphatic heterocycles. The van der Waals surface area contributed by atoms with Crippen LogP contribution < -0.4 is 5.32 Å². The first-order valence-corrected chi connectivity index (χ1v) is 7.80. The van der Waals surface area contributed by atoms with Crippen molar-refractivity contribution in [1.29, 1.82) is 0 Å². The monoisotopic (exact) mass is 268 g/mol. The van der Waals surface area contributed by atoms with Gasteiger partial charge in [0.1, 0.15) is 0 Å². The zero-order valence-corrected chi connectivity index (χ0v) is 12.3. The molecule has 110 valence electrons. The number of hydrogen-bond acceptors (Lipinski definition) is 3. The topological polar surface area (TPSA) is 52.6 Å². The van der Waals surface area contributed by atoms with E-state index in [2.05, 4.69) is 24.1 Å². The maximum Gasteiger partial charge on any atom is 0.223 e. The second-order valence-electron chi connectivity index (χ2n) is 6.37. The van der Waals surface area contributed by atoms with E-state index in [4.69, 9.17) is 0 Å². The minimum Gasteiger partial charge on any atom is -0.391 e. The van der Waals surface area contributed by atoms with E-state index in [1.54, 1.807) is 0 Å². The highest BCUT2D eigenvalue weighted by atomic mass is 16.3. The predicted octanol–water partition coefficient (Wildman–Crippen LogP) is 1.53. The van der Waals surface area contributed by atoms with Crippen LogP contribution in [0.5, 0.6) is 0 Å². The van der Waals surface area contributed by atoms with Gasteiger partial charge in [-0.05, 0) is 52.6 Å². The molecule has 1 aliphatic carbocycles. The van der Waals surface area contributed by atoms with E-state index < -0.39 is 0 Å². The average molecular weight is 268 g/mol. The minimum atomic E-state index is -0.339. The highest BCUT2D eigenvalue weighted by Gasteiger charge is 2.30. The van der Waals surface area contributed by atoms with Gasteiger partial charge < -0.3 is 15.3 Å². The van der Waals surface area contributed by atoms with Crippen molar-refractivity contribution in [3.63, 3.8) is 0 Å². The molecule has 0 aromatic rings. The Morgan fingerprint density at radius 1 is 1.16 bits per heavy atom. The van der Waals surface area contributed by atoms with Crippen molar-refractivity contribution in [1.82, 2.24) is 10.2 Å². The van der Waals surface area contributed by atoms with E-state index in [1.807, 2.05) is 0 Å². The van der Waals surface area contributed by atoms with Gasteiger partial charge >= 0.3 is 0 Å². The third-order valence-electron chi connectivity index (χ3n) is 4.69. The van der Waals surface area contributed by atoms with Crippen molar-refractivity contribution in [2.75, 3.05) is 13.1 Å². The average Bonchev–Trinajstić information content (AvgIpc) is 2.41. The number of carbonyl (C=O) groups excluding carboxylic acids is 1. The summed E-state index contributed by atoms with van der Waals surface area (Å²) in [6.07, 6.45) is 5.52. The van der Waals surface area contributed by atoms with E-state index in [9.17, 15) is 9.90 Å². The first kappa shape index (κ1) is 14.8. The molecule has 0 bridgehead atoms. The first-order chi connectivity index (χ1) is 9.08. The molecular weight excluding hydrogens is 240 g/mol. The summed E-state index contributed by atoms with van der Waals surface area (Å²) in [6.45, 7) is 6.45. The summed E-state index contributed by atoms with van der Waals surface area (Å²) in [5, 5.41) is 13.0. The molecular formula is C15H28N2O2. The summed E-state index contributed by atoms with van der Waals surface area (Å²) < 4.78 is 0. The van der Waals surface area contributed by atoms with Crippen LogP contribution in [0.25, 0.3) is 0 Å². The van der Waals surface area contributed by atoms with Crippen molar-refractivity contribution >= 4 is 5.91 Å². The second-order valence-corrected chi connectivity index (χ2v) is 6.37. The van der Waals surface area contributed by atoms with E-state index in [0.29, 0.717) is 6.04 Å². The van der Waals surface area contributed by atoms with Gasteiger partial charge in [0.25, 0.3) is 0 Å². The van der Waals surface area contributed by atoms with Crippen LogP contribution in [0.1, 0.15) is 52.4 Å². The predicted molar refractivity (Wildman–Crippen MR) is 75.8 cm³/mol. The van der Waals surface area contributed by atoms with Crippen LogP contribution in [0.4, 0.5) is 0 Å². The summed E-state index contributed by atoms with van der Waals surface area (Å²) in [5.74, 6) is 0.304. The lowest BCUT2D eigenvalue weighted by Gasteiger charge is -2.35. The van der Waals surface area contributed by atoms with Crippen LogP contribution in [0.3, 0.4) is 0 Å². The molecule has 0 spiro atoms. The Labute approximate surface area is 116 Å². The zero-order valence-electron chi connectivity index (χ0n) is 12.3. The fraction of sp³-hybridized carbons (Fsp3) is 0.933. The van der Waals surface area contributed by atoms with Gasteiger partial charge in [0.2, 0.25) is 5.91 Å². The molecule has 2 unspecified atom stereocenters. The van der Waals surface area contributed by atoms with E-state index in [1.165, 1.54) is 0 Å². The van der Waals surface area contributed by atoms with Crippen molar-refractivity contribution in [3.8, 4) is 0 Å². The van der Waals surface area contributed by atoms with Crippen LogP contribution >= 0.6 is 0 Å². The van der Waals surface area contributed by atoms with Gasteiger partial charge in [0, 0.05) is 12.0 Å². The first-order valence-electron chi connectivity index (χ1n) is 7.80. The molecule has 2 N–H and O–H groups in total. The van der Waals surface area contributed by atoms with Gasteiger partial charge in [0.15, 0.2) is 0 Å². The van der Waals surface area contributed by atoms with Crippen LogP contribution in [-0.2, 0) is 4.79 Å². The molecule has 0 radical (unpaired) electrons. The Morgan fingerprint density at radius 3 is 2.37 bits per heavy atom. The normalized spacial score (nSPS) is 30.5. The zero-order chi connectivity index (χ0) is 13.8. The Morgan fingerprint density at radius 2 is 1.79 bits per heavy atom. The molecule has 1 amide bonds. The summed E-state index contributed by atoms with van der Waals surface area (Å²) >= 11 is 0. The van der Waals surface area contributed by atoms with Gasteiger partial charge in [-0.25, -0.2) is 0 Å². The van der Waals surface area contributed by atoms with Gasteiger partial charge in [-0.1, -0.05) is 12.8 Å². The molecule has 2 fully saturated rings. The largest absolute Gasteiger partial charge is 0.391 e. The van der Waals surface area contributed by atoms with Gasteiger partial charge in [-0.2, -0.15) is 0 Å². The lowest BCUT2D eigenvalue weighted by Crippen LogP contribution is -2.49. The molecule has 2 rings (SSSR count). The number of hydrogen-bond donors (Lipinski definition) is 2. The van der Waals surface area contributed by atoms with E-state index in [-0.39, 0.29) is 24.0 Å². The van der Waals surface area contributed by atoms with Crippen LogP contribution in [-0.4, -0.2) is 47.2 Å². The molecule has 0 aromatic heterocycles. The fourth-order valence-electron chi connectivity index (χ4n) is 3.26. The number of aliphatic hydroxyl groups is 1. The lowest BCUT2D eigenvalue weighted by atomic mass is 9.90. The number of amides is 1. The van der Waals surface area contributed by atoms with Crippen molar-refractivity contribution < 1.29 is 9.90 Å². The fourth-order valence-corrected chi connectivity index (χ4v) is 3.26. The van der Waals surface area contributed by atoms with Gasteiger partial charge in [-0.3, -0.25) is 4.79 Å². The maximum absolute atomic E-state index is 12.2. The van der Waals surface area contributed by atoms with Crippen LogP contribution in [0.2, 0.25) is 0 Å². The molecule has 0 aromatic carbocycles. The van der Waals surface area contributed by atoms with E-state index in [0.717, 1.165) is 51.6 Å². The van der Waals surface area contributed by atoms with Crippen molar-refractivity contribution in [2.45, 2.75) is 70.6 Å². The Kier molecular flexibility index (Phi) is 5.22. The summed E-state index contributed by atoms with van der Waals surface area (Å²) in [6, 6.07) is 0.563. The molecule has 4 heteroatoms. The summed E-state index contributed by atoms with van der Waals surface area (Å²) in [5.41, 5.74) is 0. The minimum absolute atomic E-state index is 0.00983. The Bertz CT molecular complexity index is 299. The molecule has 2 atom stereocenters. The highest BCUT2D eigenvalue weighted by Crippen LogP contribution is 2.22. The summed E-state index contributed by atoms with van der Waals surface area (Å²) in [7, 11) is 0. The van der Waals surface area contributed by atoms with Crippen LogP contribution in [0.15, 0.2) is 0 Å². The SMILES string of the molecule is CC(C)N1CCC(C(=O)NC2CCCCC2O)CC1. The molecule has 1 saturated heterocycles. The Balaban J connectivity index is 1.78. The number of nitrogens with one attached hydrogen (secondary N) is 1. The number of carbonyl (C=O) groups is 1. The second kappa shape index (κ2) is 6.71. The molecule has 1 saturated carbocycles. The van der Waals surface area contributed by atoms with Crippen LogP contribution in [0, 0.1) is 5.92 Å².